The van der Waals surface area contributed by atoms with Gasteiger partial charge >= 0.3 is 5.97 Å². The van der Waals surface area contributed by atoms with Gasteiger partial charge in [0.25, 0.3) is 0 Å². The Hall–Kier alpha value is -2.87. The Morgan fingerprint density at radius 1 is 1.45 bits per heavy atom. The summed E-state index contributed by atoms with van der Waals surface area (Å²) in [6.45, 7) is 7.91. The van der Waals surface area contributed by atoms with Gasteiger partial charge in [0.2, 0.25) is 0 Å². The lowest BCUT2D eigenvalue weighted by atomic mass is 10.0. The van der Waals surface area contributed by atoms with Gasteiger partial charge in [0, 0.05) is 17.2 Å². The van der Waals surface area contributed by atoms with Crippen molar-refractivity contribution in [1.29, 1.82) is 5.26 Å². The number of rotatable bonds is 4. The zero-order valence-corrected chi connectivity index (χ0v) is 12.9. The minimum atomic E-state index is -0.374. The molecule has 112 valence electrons. The van der Waals surface area contributed by atoms with Crippen molar-refractivity contribution < 1.29 is 9.53 Å². The summed E-state index contributed by atoms with van der Waals surface area (Å²) in [6, 6.07) is 7.44. The molecule has 0 N–H and O–H groups in total. The highest BCUT2D eigenvalue weighted by atomic mass is 16.5. The molecule has 22 heavy (non-hydrogen) atoms. The fourth-order valence-electron chi connectivity index (χ4n) is 2.23. The Kier molecular flexibility index (Phi) is 4.42. The van der Waals surface area contributed by atoms with Crippen LogP contribution in [0, 0.1) is 11.3 Å². The van der Waals surface area contributed by atoms with E-state index >= 15 is 0 Å². The Morgan fingerprint density at radius 3 is 2.77 bits per heavy atom. The molecule has 5 heteroatoms. The summed E-state index contributed by atoms with van der Waals surface area (Å²) in [4.78, 5) is 11.7. The minimum absolute atomic E-state index is 0.374. The molecule has 0 fully saturated rings. The van der Waals surface area contributed by atoms with Gasteiger partial charge in [0.05, 0.1) is 30.8 Å². The third-order valence-corrected chi connectivity index (χ3v) is 3.46. The van der Waals surface area contributed by atoms with E-state index in [-0.39, 0.29) is 5.97 Å². The topological polar surface area (TPSA) is 67.9 Å². The molecule has 2 rings (SSSR count). The predicted molar refractivity (Wildman–Crippen MR) is 84.0 cm³/mol. The third-order valence-electron chi connectivity index (χ3n) is 3.46. The van der Waals surface area contributed by atoms with E-state index in [1.807, 2.05) is 19.2 Å². The largest absolute Gasteiger partial charge is 0.466 e. The van der Waals surface area contributed by atoms with E-state index < -0.39 is 0 Å². The van der Waals surface area contributed by atoms with Crippen molar-refractivity contribution in [1.82, 2.24) is 9.78 Å². The van der Waals surface area contributed by atoms with Crippen LogP contribution in [-0.4, -0.2) is 22.9 Å². The van der Waals surface area contributed by atoms with Crippen LogP contribution in [0.2, 0.25) is 0 Å². The second-order valence-electron chi connectivity index (χ2n) is 5.09. The summed E-state index contributed by atoms with van der Waals surface area (Å²) < 4.78 is 6.50. The zero-order chi connectivity index (χ0) is 16.3. The van der Waals surface area contributed by atoms with Gasteiger partial charge < -0.3 is 4.74 Å². The molecule has 0 atom stereocenters. The first-order chi connectivity index (χ1) is 10.5. The van der Waals surface area contributed by atoms with Crippen LogP contribution in [-0.2, 0) is 16.1 Å². The Labute approximate surface area is 129 Å². The van der Waals surface area contributed by atoms with Crippen LogP contribution in [0.5, 0.6) is 0 Å². The van der Waals surface area contributed by atoms with Crippen molar-refractivity contribution in [2.24, 2.45) is 0 Å². The fourth-order valence-corrected chi connectivity index (χ4v) is 2.23. The van der Waals surface area contributed by atoms with Crippen LogP contribution in [0.25, 0.3) is 10.9 Å². The molecular formula is C17H17N3O2. The van der Waals surface area contributed by atoms with E-state index in [1.165, 1.54) is 7.11 Å². The van der Waals surface area contributed by atoms with E-state index in [1.54, 1.807) is 23.7 Å². The summed E-state index contributed by atoms with van der Waals surface area (Å²) >= 11 is 0. The number of allylic oxidation sites excluding steroid dienone is 2. The van der Waals surface area contributed by atoms with Crippen molar-refractivity contribution in [3.63, 3.8) is 0 Å². The summed E-state index contributed by atoms with van der Waals surface area (Å²) in [5.74, 6) is -0.374. The second kappa shape index (κ2) is 6.27. The van der Waals surface area contributed by atoms with E-state index in [0.29, 0.717) is 17.7 Å². The number of ether oxygens (including phenoxy) is 1. The number of methoxy groups -OCH3 is 1. The highest BCUT2D eigenvalue weighted by molar-refractivity contribution is 5.89. The fraction of sp³-hybridized carbons (Fsp3) is 0.235. The van der Waals surface area contributed by atoms with Crippen molar-refractivity contribution in [3.05, 3.63) is 53.3 Å². The molecule has 2 aromatic rings. The van der Waals surface area contributed by atoms with Gasteiger partial charge in [-0.2, -0.15) is 10.4 Å². The van der Waals surface area contributed by atoms with Crippen LogP contribution >= 0.6 is 0 Å². The molecule has 0 unspecified atom stereocenters. The lowest BCUT2D eigenvalue weighted by molar-refractivity contribution is -0.136. The summed E-state index contributed by atoms with van der Waals surface area (Å²) in [7, 11) is 1.35. The number of nitrogens with zero attached hydrogens (tertiary/aromatic N) is 3. The molecule has 1 aromatic heterocycles. The maximum absolute atomic E-state index is 11.7. The van der Waals surface area contributed by atoms with Crippen molar-refractivity contribution in [2.45, 2.75) is 20.4 Å². The van der Waals surface area contributed by atoms with Gasteiger partial charge in [0.15, 0.2) is 0 Å². The average molecular weight is 295 g/mol. The molecule has 1 aromatic carbocycles. The zero-order valence-electron chi connectivity index (χ0n) is 12.9. The molecule has 0 aliphatic heterocycles. The molecule has 1 heterocycles. The van der Waals surface area contributed by atoms with Crippen LogP contribution in [0.15, 0.2) is 47.7 Å². The molecule has 5 nitrogen and oxygen atoms in total. The molecule has 0 amide bonds. The first-order valence-corrected chi connectivity index (χ1v) is 6.77. The number of esters is 1. The number of hydrogen-bond acceptors (Lipinski definition) is 4. The molecule has 0 aliphatic rings. The second-order valence-corrected chi connectivity index (χ2v) is 5.09. The van der Waals surface area contributed by atoms with Gasteiger partial charge in [0.1, 0.15) is 0 Å². The first kappa shape index (κ1) is 15.5. The molecule has 0 saturated carbocycles. The molecule has 0 aliphatic carbocycles. The number of carbonyl (C=O) groups excluding carboxylic acids is 1. The number of hydrogen-bond donors (Lipinski definition) is 0. The normalized spacial score (nSPS) is 11.7. The van der Waals surface area contributed by atoms with E-state index in [0.717, 1.165) is 22.0 Å². The number of fused-ring (bicyclic) bond motifs is 1. The lowest BCUT2D eigenvalue weighted by Crippen LogP contribution is -2.10. The lowest BCUT2D eigenvalue weighted by Gasteiger charge is -2.11. The Bertz CT molecular complexity index is 822. The van der Waals surface area contributed by atoms with Gasteiger partial charge in [-0.05, 0) is 37.6 Å². The number of nitriles is 1. The summed E-state index contributed by atoms with van der Waals surface area (Å²) in [5.41, 5.74) is 3.42. The maximum Gasteiger partial charge on any atom is 0.333 e. The highest BCUT2D eigenvalue weighted by Crippen LogP contribution is 2.19. The minimum Gasteiger partial charge on any atom is -0.466 e. The summed E-state index contributed by atoms with van der Waals surface area (Å²) in [6.07, 6.45) is 1.88. The average Bonchev–Trinajstić information content (AvgIpc) is 2.92. The predicted octanol–water partition coefficient (Wildman–Crippen LogP) is 2.97. The van der Waals surface area contributed by atoms with E-state index in [4.69, 9.17) is 10.00 Å². The first-order valence-electron chi connectivity index (χ1n) is 6.77. The molecule has 0 radical (unpaired) electrons. The van der Waals surface area contributed by atoms with E-state index in [9.17, 15) is 4.79 Å². The summed E-state index contributed by atoms with van der Waals surface area (Å²) in [5, 5.41) is 14.3. The maximum atomic E-state index is 11.7. The third kappa shape index (κ3) is 3.07. The van der Waals surface area contributed by atoms with Crippen molar-refractivity contribution in [3.8, 4) is 6.07 Å². The van der Waals surface area contributed by atoms with Gasteiger partial charge in [-0.25, -0.2) is 4.79 Å². The molecule has 0 bridgehead atoms. The van der Waals surface area contributed by atoms with Crippen molar-refractivity contribution >= 4 is 16.9 Å². The SMILES string of the molecule is C=C(C)/C(Cn1cc2ccc(C#N)cc2n1)=C(\C)C(=O)OC. The van der Waals surface area contributed by atoms with Gasteiger partial charge in [-0.3, -0.25) is 4.68 Å². The molecule has 0 saturated heterocycles. The Morgan fingerprint density at radius 2 is 2.18 bits per heavy atom. The molecular weight excluding hydrogens is 278 g/mol. The van der Waals surface area contributed by atoms with Crippen LogP contribution in [0.4, 0.5) is 0 Å². The number of aromatic nitrogens is 2. The highest BCUT2D eigenvalue weighted by Gasteiger charge is 2.13. The van der Waals surface area contributed by atoms with Crippen molar-refractivity contribution in [2.75, 3.05) is 7.11 Å². The van der Waals surface area contributed by atoms with Gasteiger partial charge in [-0.1, -0.05) is 12.2 Å². The van der Waals surface area contributed by atoms with Crippen LogP contribution in [0.3, 0.4) is 0 Å². The van der Waals surface area contributed by atoms with E-state index in [2.05, 4.69) is 17.7 Å². The monoisotopic (exact) mass is 295 g/mol. The van der Waals surface area contributed by atoms with Crippen LogP contribution < -0.4 is 0 Å². The standard InChI is InChI=1S/C17H17N3O2/c1-11(2)15(12(3)17(21)22-4)10-20-9-14-6-5-13(8-18)7-16(14)19-20/h5-7,9H,1,10H2,2-4H3/b15-12+. The molecule has 0 spiro atoms. The number of benzene rings is 1. The quantitative estimate of drug-likeness (QED) is 0.494. The number of carbonyl (C=O) groups is 1. The van der Waals surface area contributed by atoms with Gasteiger partial charge in [-0.15, -0.1) is 0 Å². The Balaban J connectivity index is 2.41. The smallest absolute Gasteiger partial charge is 0.333 e. The van der Waals surface area contributed by atoms with Crippen LogP contribution in [0.1, 0.15) is 19.4 Å².